The maximum atomic E-state index is 13.5. The minimum Gasteiger partial charge on any atom is -0.341 e. The minimum atomic E-state index is -5.06. The van der Waals surface area contributed by atoms with Crippen molar-refractivity contribution in [2.24, 2.45) is 0 Å². The van der Waals surface area contributed by atoms with E-state index in [0.29, 0.717) is 43.9 Å². The van der Waals surface area contributed by atoms with Crippen LogP contribution in [0.2, 0.25) is 0 Å². The molecule has 0 radical (unpaired) electrons. The molecule has 1 saturated heterocycles. The van der Waals surface area contributed by atoms with E-state index < -0.39 is 24.4 Å². The number of hydrogen-bond donors (Lipinski definition) is 1. The van der Waals surface area contributed by atoms with Crippen LogP contribution in [0.1, 0.15) is 29.3 Å². The predicted octanol–water partition coefficient (Wildman–Crippen LogP) is 3.23. The Kier molecular flexibility index (Phi) is 8.68. The van der Waals surface area contributed by atoms with Gasteiger partial charge in [0.25, 0.3) is 0 Å². The van der Waals surface area contributed by atoms with Gasteiger partial charge in [0.2, 0.25) is 5.91 Å². The molecular weight excluding hydrogens is 477 g/mol. The Labute approximate surface area is 206 Å². The second kappa shape index (κ2) is 11.7. The van der Waals surface area contributed by atoms with Gasteiger partial charge in [-0.1, -0.05) is 42.5 Å². The van der Waals surface area contributed by atoms with E-state index >= 15 is 0 Å². The lowest BCUT2D eigenvalue weighted by Crippen LogP contribution is -2.45. The fraction of sp³-hybridized carbons (Fsp3) is 0.360. The zero-order chi connectivity index (χ0) is 26.3. The number of alkyl halides is 3. The van der Waals surface area contributed by atoms with Crippen molar-refractivity contribution in [3.8, 4) is 0 Å². The highest BCUT2D eigenvalue weighted by molar-refractivity contribution is 6.00. The highest BCUT2D eigenvalue weighted by Crippen LogP contribution is 2.21. The van der Waals surface area contributed by atoms with Crippen LogP contribution in [0.3, 0.4) is 0 Å². The number of nitrogens with zero attached hydrogens (tertiary/aromatic N) is 3. The third kappa shape index (κ3) is 7.06. The lowest BCUT2D eigenvalue weighted by Gasteiger charge is -2.30. The quantitative estimate of drug-likeness (QED) is 0.612. The van der Waals surface area contributed by atoms with Crippen LogP contribution in [-0.4, -0.2) is 72.3 Å². The summed E-state index contributed by atoms with van der Waals surface area (Å²) in [6, 6.07) is 15.0. The van der Waals surface area contributed by atoms with Crippen molar-refractivity contribution in [3.63, 3.8) is 0 Å². The van der Waals surface area contributed by atoms with Gasteiger partial charge in [-0.15, -0.1) is 0 Å². The number of hydrogen-bond acceptors (Lipinski definition) is 4. The average molecular weight is 505 g/mol. The van der Waals surface area contributed by atoms with Crippen LogP contribution in [0, 0.1) is 0 Å². The van der Waals surface area contributed by atoms with Gasteiger partial charge in [-0.25, -0.2) is 4.79 Å². The Balaban J connectivity index is 1.71. The lowest BCUT2D eigenvalue weighted by atomic mass is 10.1. The first kappa shape index (κ1) is 26.7. The van der Waals surface area contributed by atoms with Crippen LogP contribution in [-0.2, 0) is 16.1 Å². The van der Waals surface area contributed by atoms with E-state index in [9.17, 15) is 32.3 Å². The van der Waals surface area contributed by atoms with Gasteiger partial charge in [0, 0.05) is 44.4 Å². The molecule has 2 aromatic rings. The van der Waals surface area contributed by atoms with E-state index in [1.807, 2.05) is 18.2 Å². The number of urea groups is 1. The molecule has 3 rings (SSSR count). The number of para-hydroxylation sites is 1. The summed E-state index contributed by atoms with van der Waals surface area (Å²) in [6.07, 6.45) is -4.40. The number of halogens is 3. The van der Waals surface area contributed by atoms with Gasteiger partial charge in [-0.2, -0.15) is 13.2 Å². The monoisotopic (exact) mass is 504 g/mol. The first-order valence-electron chi connectivity index (χ1n) is 11.4. The summed E-state index contributed by atoms with van der Waals surface area (Å²) >= 11 is 0. The lowest BCUT2D eigenvalue weighted by molar-refractivity contribution is -0.173. The Morgan fingerprint density at radius 3 is 2.11 bits per heavy atom. The number of rotatable bonds is 6. The number of carbonyl (C=O) groups excluding carboxylic acids is 4. The largest absolute Gasteiger partial charge is 0.471 e. The van der Waals surface area contributed by atoms with E-state index in [0.717, 1.165) is 0 Å². The molecule has 36 heavy (non-hydrogen) atoms. The summed E-state index contributed by atoms with van der Waals surface area (Å²) in [6.45, 7) is 2.86. The van der Waals surface area contributed by atoms with Gasteiger partial charge in [0.15, 0.2) is 5.78 Å². The summed E-state index contributed by atoms with van der Waals surface area (Å²) in [4.78, 5) is 53.4. The normalized spacial score (nSPS) is 14.1. The van der Waals surface area contributed by atoms with Gasteiger partial charge < -0.3 is 15.1 Å². The molecule has 0 bridgehead atoms. The molecule has 0 saturated carbocycles. The topological polar surface area (TPSA) is 90.0 Å². The molecule has 1 aliphatic rings. The van der Waals surface area contributed by atoms with Gasteiger partial charge in [-0.3, -0.25) is 19.3 Å². The molecule has 0 unspecified atom stereocenters. The van der Waals surface area contributed by atoms with E-state index in [4.69, 9.17) is 0 Å². The summed E-state index contributed by atoms with van der Waals surface area (Å²) in [5.41, 5.74) is 1.50. The summed E-state index contributed by atoms with van der Waals surface area (Å²) in [7, 11) is 0. The molecule has 0 aliphatic carbocycles. The highest BCUT2D eigenvalue weighted by atomic mass is 19.4. The van der Waals surface area contributed by atoms with Crippen LogP contribution < -0.4 is 10.2 Å². The second-order valence-corrected chi connectivity index (χ2v) is 8.35. The first-order valence-corrected chi connectivity index (χ1v) is 11.4. The maximum absolute atomic E-state index is 13.5. The second-order valence-electron chi connectivity index (χ2n) is 8.35. The van der Waals surface area contributed by atoms with Crippen molar-refractivity contribution in [1.82, 2.24) is 15.1 Å². The number of Topliss-reactive ketones (excluding diaryl/α,β-unsaturated/α-hetero) is 1. The molecule has 2 aromatic carbocycles. The van der Waals surface area contributed by atoms with Crippen LogP contribution >= 0.6 is 0 Å². The van der Waals surface area contributed by atoms with E-state index in [1.165, 1.54) is 19.1 Å². The Hall–Kier alpha value is -3.89. The van der Waals surface area contributed by atoms with Gasteiger partial charge in [-0.05, 0) is 24.1 Å². The molecule has 1 aliphatic heterocycles. The van der Waals surface area contributed by atoms with Crippen molar-refractivity contribution in [3.05, 3.63) is 65.7 Å². The summed E-state index contributed by atoms with van der Waals surface area (Å²) in [5.74, 6) is -2.88. The maximum Gasteiger partial charge on any atom is 0.471 e. The average Bonchev–Trinajstić information content (AvgIpc) is 3.12. The SMILES string of the molecule is CC(=O)N1CCCN(C(=O)N(Cc2ccc(C(=O)CNC(=O)C(F)(F)F)cc2)c2ccccc2)CC1. The fourth-order valence-electron chi connectivity index (χ4n) is 3.81. The zero-order valence-corrected chi connectivity index (χ0v) is 19.8. The number of carbonyl (C=O) groups is 4. The Bertz CT molecular complexity index is 1090. The van der Waals surface area contributed by atoms with Crippen LogP contribution in [0.15, 0.2) is 54.6 Å². The summed E-state index contributed by atoms with van der Waals surface area (Å²) in [5, 5.41) is 1.56. The van der Waals surface area contributed by atoms with Crippen molar-refractivity contribution >= 4 is 29.3 Å². The van der Waals surface area contributed by atoms with Crippen LogP contribution in [0.4, 0.5) is 23.7 Å². The third-order valence-electron chi connectivity index (χ3n) is 5.79. The van der Waals surface area contributed by atoms with Crippen LogP contribution in [0.5, 0.6) is 0 Å². The molecule has 8 nitrogen and oxygen atoms in total. The van der Waals surface area contributed by atoms with Crippen molar-refractivity contribution < 1.29 is 32.3 Å². The molecule has 4 amide bonds. The Morgan fingerprint density at radius 2 is 1.50 bits per heavy atom. The van der Waals surface area contributed by atoms with Crippen molar-refractivity contribution in [1.29, 1.82) is 0 Å². The van der Waals surface area contributed by atoms with Crippen LogP contribution in [0.25, 0.3) is 0 Å². The number of ketones is 1. The number of benzene rings is 2. The Morgan fingerprint density at radius 1 is 0.889 bits per heavy atom. The van der Waals surface area contributed by atoms with Crippen molar-refractivity contribution in [2.75, 3.05) is 37.6 Å². The molecule has 1 heterocycles. The van der Waals surface area contributed by atoms with E-state index in [-0.39, 0.29) is 24.0 Å². The zero-order valence-electron chi connectivity index (χ0n) is 19.8. The molecule has 0 spiro atoms. The molecule has 0 atom stereocenters. The molecular formula is C25H27F3N4O4. The van der Waals surface area contributed by atoms with E-state index in [1.54, 1.807) is 44.3 Å². The predicted molar refractivity (Wildman–Crippen MR) is 126 cm³/mol. The number of amides is 4. The molecule has 1 N–H and O–H groups in total. The number of anilines is 1. The molecule has 192 valence electrons. The molecule has 11 heteroatoms. The van der Waals surface area contributed by atoms with Crippen molar-refractivity contribution in [2.45, 2.75) is 26.1 Å². The van der Waals surface area contributed by atoms with E-state index in [2.05, 4.69) is 0 Å². The standard InChI is InChI=1S/C25H27F3N4O4/c1-18(33)30-12-5-13-31(15-14-30)24(36)32(21-6-3-2-4-7-21)17-19-8-10-20(11-9-19)22(34)16-29-23(35)25(26,27)28/h2-4,6-11H,5,12-17H2,1H3,(H,29,35). The number of nitrogens with one attached hydrogen (secondary N) is 1. The minimum absolute atomic E-state index is 0.0307. The summed E-state index contributed by atoms with van der Waals surface area (Å²) < 4.78 is 37.0. The fourth-order valence-corrected chi connectivity index (χ4v) is 3.81. The first-order chi connectivity index (χ1) is 17.1. The smallest absolute Gasteiger partial charge is 0.341 e. The van der Waals surface area contributed by atoms with Gasteiger partial charge >= 0.3 is 18.1 Å². The highest BCUT2D eigenvalue weighted by Gasteiger charge is 2.38. The van der Waals surface area contributed by atoms with Gasteiger partial charge in [0.05, 0.1) is 13.1 Å². The van der Waals surface area contributed by atoms with Gasteiger partial charge in [0.1, 0.15) is 0 Å². The third-order valence-corrected chi connectivity index (χ3v) is 5.79. The molecule has 1 fully saturated rings. The molecule has 0 aromatic heterocycles.